The van der Waals surface area contributed by atoms with E-state index in [1.807, 2.05) is 7.05 Å². The van der Waals surface area contributed by atoms with Gasteiger partial charge in [-0.2, -0.15) is 0 Å². The molecule has 122 valence electrons. The van der Waals surface area contributed by atoms with Crippen LogP contribution in [-0.4, -0.2) is 25.8 Å². The second-order valence-corrected chi connectivity index (χ2v) is 5.85. The summed E-state index contributed by atoms with van der Waals surface area (Å²) in [5.41, 5.74) is 0.410. The maximum Gasteiger partial charge on any atom is 0.411 e. The Labute approximate surface area is 131 Å². The Morgan fingerprint density at radius 3 is 2.91 bits per heavy atom. The third kappa shape index (κ3) is 5.30. The summed E-state index contributed by atoms with van der Waals surface area (Å²) in [5.74, 6) is 0.169. The highest BCUT2D eigenvalue weighted by Gasteiger charge is 2.22. The van der Waals surface area contributed by atoms with E-state index in [2.05, 4.69) is 10.6 Å². The summed E-state index contributed by atoms with van der Waals surface area (Å²) < 4.78 is 18.3. The molecule has 5 heteroatoms. The first-order valence-electron chi connectivity index (χ1n) is 8.05. The van der Waals surface area contributed by atoms with E-state index < -0.39 is 6.09 Å². The van der Waals surface area contributed by atoms with Gasteiger partial charge in [0.15, 0.2) is 0 Å². The molecule has 0 spiro atoms. The molecule has 2 unspecified atom stereocenters. The van der Waals surface area contributed by atoms with Gasteiger partial charge in [-0.25, -0.2) is 9.18 Å². The normalized spacial score (nSPS) is 21.9. The van der Waals surface area contributed by atoms with Crippen molar-refractivity contribution in [2.75, 3.05) is 19.0 Å². The summed E-state index contributed by atoms with van der Waals surface area (Å²) in [6.45, 7) is 0.393. The molecule has 1 aliphatic rings. The fourth-order valence-corrected chi connectivity index (χ4v) is 3.13. The Morgan fingerprint density at radius 2 is 2.14 bits per heavy atom. The quantitative estimate of drug-likeness (QED) is 0.810. The number of benzene rings is 1. The van der Waals surface area contributed by atoms with Crippen molar-refractivity contribution < 1.29 is 13.9 Å². The molecule has 0 bridgehead atoms. The van der Waals surface area contributed by atoms with E-state index in [1.54, 1.807) is 12.1 Å². The van der Waals surface area contributed by atoms with Gasteiger partial charge >= 0.3 is 6.09 Å². The Morgan fingerprint density at radius 1 is 1.32 bits per heavy atom. The summed E-state index contributed by atoms with van der Waals surface area (Å²) in [7, 11) is 2.00. The van der Waals surface area contributed by atoms with E-state index >= 15 is 0 Å². The first kappa shape index (κ1) is 16.7. The number of carbonyl (C=O) groups excluding carboxylic acids is 1. The minimum absolute atomic E-state index is 0.381. The van der Waals surface area contributed by atoms with Crippen LogP contribution in [0, 0.1) is 11.7 Å². The Kier molecular flexibility index (Phi) is 6.65. The fraction of sp³-hybridized carbons (Fsp3) is 0.588. The molecule has 1 aromatic rings. The van der Waals surface area contributed by atoms with Gasteiger partial charge in [0.25, 0.3) is 0 Å². The highest BCUT2D eigenvalue weighted by atomic mass is 19.1. The van der Waals surface area contributed by atoms with E-state index in [0.717, 1.165) is 6.42 Å². The van der Waals surface area contributed by atoms with Crippen LogP contribution in [0.4, 0.5) is 14.9 Å². The van der Waals surface area contributed by atoms with Crippen molar-refractivity contribution in [2.45, 2.75) is 44.6 Å². The highest BCUT2D eigenvalue weighted by molar-refractivity contribution is 5.84. The summed E-state index contributed by atoms with van der Waals surface area (Å²) in [6.07, 6.45) is 6.51. The first-order chi connectivity index (χ1) is 10.7. The van der Waals surface area contributed by atoms with E-state index in [4.69, 9.17) is 4.74 Å². The number of hydrogen-bond acceptors (Lipinski definition) is 3. The molecule has 2 atom stereocenters. The number of halogens is 1. The molecule has 0 saturated heterocycles. The largest absolute Gasteiger partial charge is 0.449 e. The second kappa shape index (κ2) is 8.73. The molecule has 1 aliphatic carbocycles. The van der Waals surface area contributed by atoms with Gasteiger partial charge in [-0.15, -0.1) is 0 Å². The average molecular weight is 308 g/mol. The van der Waals surface area contributed by atoms with E-state index in [1.165, 1.54) is 44.2 Å². The van der Waals surface area contributed by atoms with Crippen LogP contribution in [0.15, 0.2) is 24.3 Å². The number of amides is 1. The predicted molar refractivity (Wildman–Crippen MR) is 85.4 cm³/mol. The number of hydrogen-bond donors (Lipinski definition) is 2. The SMILES string of the molecule is CNC1CCCCCC1CCOC(=O)Nc1cccc(F)c1. The molecule has 0 aliphatic heterocycles. The average Bonchev–Trinajstić information content (AvgIpc) is 2.72. The lowest BCUT2D eigenvalue weighted by molar-refractivity contribution is 0.147. The van der Waals surface area contributed by atoms with Crippen LogP contribution >= 0.6 is 0 Å². The summed E-state index contributed by atoms with van der Waals surface area (Å²) in [4.78, 5) is 11.7. The zero-order valence-corrected chi connectivity index (χ0v) is 13.1. The minimum atomic E-state index is -0.528. The molecule has 2 N–H and O–H groups in total. The van der Waals surface area contributed by atoms with Gasteiger partial charge in [0.1, 0.15) is 5.82 Å². The van der Waals surface area contributed by atoms with Gasteiger partial charge < -0.3 is 10.1 Å². The van der Waals surface area contributed by atoms with Crippen molar-refractivity contribution >= 4 is 11.8 Å². The number of nitrogens with one attached hydrogen (secondary N) is 2. The number of ether oxygens (including phenoxy) is 1. The number of carbonyl (C=O) groups is 1. The third-order valence-electron chi connectivity index (χ3n) is 4.32. The van der Waals surface area contributed by atoms with E-state index in [0.29, 0.717) is 24.3 Å². The molecule has 1 aromatic carbocycles. The van der Waals surface area contributed by atoms with Crippen LogP contribution in [-0.2, 0) is 4.74 Å². The van der Waals surface area contributed by atoms with E-state index in [-0.39, 0.29) is 5.82 Å². The molecule has 0 radical (unpaired) electrons. The van der Waals surface area contributed by atoms with Gasteiger partial charge in [0.2, 0.25) is 0 Å². The van der Waals surface area contributed by atoms with Gasteiger partial charge in [0.05, 0.1) is 6.61 Å². The Bertz CT molecular complexity index is 481. The molecule has 0 heterocycles. The monoisotopic (exact) mass is 308 g/mol. The zero-order valence-electron chi connectivity index (χ0n) is 13.1. The molecule has 1 fully saturated rings. The number of rotatable bonds is 5. The minimum Gasteiger partial charge on any atom is -0.449 e. The van der Waals surface area contributed by atoms with Crippen LogP contribution in [0.5, 0.6) is 0 Å². The fourth-order valence-electron chi connectivity index (χ4n) is 3.13. The topological polar surface area (TPSA) is 50.4 Å². The lowest BCUT2D eigenvalue weighted by atomic mass is 9.92. The third-order valence-corrected chi connectivity index (χ3v) is 4.32. The molecule has 4 nitrogen and oxygen atoms in total. The lowest BCUT2D eigenvalue weighted by Gasteiger charge is -2.24. The highest BCUT2D eigenvalue weighted by Crippen LogP contribution is 2.26. The van der Waals surface area contributed by atoms with Crippen LogP contribution in [0.2, 0.25) is 0 Å². The lowest BCUT2D eigenvalue weighted by Crippen LogP contribution is -2.33. The van der Waals surface area contributed by atoms with Crippen molar-refractivity contribution in [3.8, 4) is 0 Å². The van der Waals surface area contributed by atoms with E-state index in [9.17, 15) is 9.18 Å². The van der Waals surface area contributed by atoms with Crippen LogP contribution in [0.25, 0.3) is 0 Å². The first-order valence-corrected chi connectivity index (χ1v) is 8.05. The smallest absolute Gasteiger partial charge is 0.411 e. The van der Waals surface area contributed by atoms with Crippen molar-refractivity contribution in [3.05, 3.63) is 30.1 Å². The molecular formula is C17H25FN2O2. The second-order valence-electron chi connectivity index (χ2n) is 5.85. The van der Waals surface area contributed by atoms with Gasteiger partial charge in [-0.3, -0.25) is 5.32 Å². The predicted octanol–water partition coefficient (Wildman–Crippen LogP) is 3.93. The van der Waals surface area contributed by atoms with Crippen molar-refractivity contribution in [2.24, 2.45) is 5.92 Å². The van der Waals surface area contributed by atoms with Gasteiger partial charge in [0, 0.05) is 11.7 Å². The van der Waals surface area contributed by atoms with Crippen LogP contribution in [0.3, 0.4) is 0 Å². The summed E-state index contributed by atoms with van der Waals surface area (Å²) in [6, 6.07) is 6.29. The number of anilines is 1. The van der Waals surface area contributed by atoms with Gasteiger partial charge in [-0.05, 0) is 50.4 Å². The molecule has 22 heavy (non-hydrogen) atoms. The maximum absolute atomic E-state index is 13.0. The summed E-state index contributed by atoms with van der Waals surface area (Å²) in [5, 5.41) is 5.92. The molecule has 1 amide bonds. The molecule has 0 aromatic heterocycles. The van der Waals surface area contributed by atoms with Crippen LogP contribution < -0.4 is 10.6 Å². The van der Waals surface area contributed by atoms with Gasteiger partial charge in [-0.1, -0.05) is 25.3 Å². The van der Waals surface area contributed by atoms with Crippen molar-refractivity contribution in [1.29, 1.82) is 0 Å². The zero-order chi connectivity index (χ0) is 15.8. The maximum atomic E-state index is 13.0. The standard InChI is InChI=1S/C17H25FN2O2/c1-19-16-9-4-2-3-6-13(16)10-11-22-17(21)20-15-8-5-7-14(18)12-15/h5,7-8,12-13,16,19H,2-4,6,9-11H2,1H3,(H,20,21). The van der Waals surface area contributed by atoms with Crippen LogP contribution in [0.1, 0.15) is 38.5 Å². The van der Waals surface area contributed by atoms with Crippen molar-refractivity contribution in [3.63, 3.8) is 0 Å². The Hall–Kier alpha value is -1.62. The molecule has 1 saturated carbocycles. The Balaban J connectivity index is 1.74. The molecule has 2 rings (SSSR count). The molecular weight excluding hydrogens is 283 g/mol. The van der Waals surface area contributed by atoms with Crippen molar-refractivity contribution in [1.82, 2.24) is 5.32 Å². The summed E-state index contributed by atoms with van der Waals surface area (Å²) >= 11 is 0.